The summed E-state index contributed by atoms with van der Waals surface area (Å²) >= 11 is 0. The lowest BCUT2D eigenvalue weighted by molar-refractivity contribution is -0.127. The lowest BCUT2D eigenvalue weighted by Gasteiger charge is -2.19. The summed E-state index contributed by atoms with van der Waals surface area (Å²) in [6.45, 7) is 0.993. The smallest absolute Gasteiger partial charge is 0.296 e. The van der Waals surface area contributed by atoms with Crippen LogP contribution in [0, 0.1) is 15.8 Å². The van der Waals surface area contributed by atoms with E-state index in [2.05, 4.69) is 21.2 Å². The second-order valence-electron chi connectivity index (χ2n) is 10.7. The van der Waals surface area contributed by atoms with Gasteiger partial charge in [-0.1, -0.05) is 42.5 Å². The molecule has 3 aromatic carbocycles. The third-order valence-corrected chi connectivity index (χ3v) is 9.99. The van der Waals surface area contributed by atoms with E-state index < -0.39 is 106 Å². The Hall–Kier alpha value is -5.55. The number of nitrogens with zero attached hydrogens (tertiary/aromatic N) is 1. The summed E-state index contributed by atoms with van der Waals surface area (Å²) in [5.74, 6) is -1.77. The average Bonchev–Trinajstić information content (AvgIpc) is 3.03. The molecular formula is C30H23N5O13S3. The first kappa shape index (κ1) is 36.7. The zero-order chi connectivity index (χ0) is 37.6. The number of para-hydroxylation sites is 1. The van der Waals surface area contributed by atoms with Crippen molar-refractivity contribution in [2.24, 2.45) is 4.99 Å². The van der Waals surface area contributed by atoms with Crippen LogP contribution in [0.5, 0.6) is 0 Å². The lowest BCUT2D eigenvalue weighted by atomic mass is 10.0. The minimum absolute atomic E-state index is 0.221. The molecule has 0 aliphatic heterocycles. The van der Waals surface area contributed by atoms with E-state index in [0.717, 1.165) is 6.92 Å². The predicted molar refractivity (Wildman–Crippen MR) is 177 cm³/mol. The number of carbonyl (C=O) groups is 2. The molecule has 0 aromatic heterocycles. The van der Waals surface area contributed by atoms with Gasteiger partial charge in [-0.05, 0) is 37.3 Å². The van der Waals surface area contributed by atoms with Crippen molar-refractivity contribution in [1.29, 1.82) is 5.41 Å². The fraction of sp³-hybridized carbons (Fsp3) is 0.0667. The van der Waals surface area contributed by atoms with E-state index in [0.29, 0.717) is 18.2 Å². The number of benzene rings is 3. The molecule has 0 heterocycles. The van der Waals surface area contributed by atoms with Crippen LogP contribution in [-0.2, 0) is 39.9 Å². The van der Waals surface area contributed by atoms with Gasteiger partial charge in [-0.15, -0.1) is 0 Å². The van der Waals surface area contributed by atoms with Gasteiger partial charge < -0.3 is 10.7 Å². The van der Waals surface area contributed by atoms with Gasteiger partial charge in [-0.2, -0.15) is 25.3 Å². The molecule has 0 spiro atoms. The molecule has 2 aliphatic rings. The molecule has 51 heavy (non-hydrogen) atoms. The summed E-state index contributed by atoms with van der Waals surface area (Å²) < 4.78 is 105. The number of hydrazine groups is 1. The molecule has 21 heteroatoms. The van der Waals surface area contributed by atoms with Crippen molar-refractivity contribution < 1.29 is 48.5 Å². The molecule has 1 atom stereocenters. The molecule has 1 amide bonds. The monoisotopic (exact) mass is 757 g/mol. The highest BCUT2D eigenvalue weighted by atomic mass is 32.2. The fourth-order valence-electron chi connectivity index (χ4n) is 5.06. The van der Waals surface area contributed by atoms with Crippen LogP contribution >= 0.6 is 0 Å². The van der Waals surface area contributed by atoms with Crippen LogP contribution in [0.4, 0.5) is 17.1 Å². The molecular weight excluding hydrogens is 735 g/mol. The highest BCUT2D eigenvalue weighted by Crippen LogP contribution is 2.33. The van der Waals surface area contributed by atoms with E-state index in [1.165, 1.54) is 36.4 Å². The molecule has 1 unspecified atom stereocenters. The van der Waals surface area contributed by atoms with Crippen molar-refractivity contribution in [3.63, 3.8) is 0 Å². The van der Waals surface area contributed by atoms with Gasteiger partial charge in [0.2, 0.25) is 0 Å². The maximum absolute atomic E-state index is 13.6. The Morgan fingerprint density at radius 1 is 0.725 bits per heavy atom. The Labute approximate surface area is 286 Å². The highest BCUT2D eigenvalue weighted by molar-refractivity contribution is 7.86. The van der Waals surface area contributed by atoms with Crippen LogP contribution < -0.4 is 37.7 Å². The van der Waals surface area contributed by atoms with E-state index in [9.17, 15) is 58.1 Å². The Morgan fingerprint density at radius 2 is 1.25 bits per heavy atom. The number of carbonyl (C=O) groups excluding carboxylic acids is 2. The molecule has 0 radical (unpaired) electrons. The number of hydrogen-bond donors (Lipinski definition) is 7. The maximum atomic E-state index is 13.6. The van der Waals surface area contributed by atoms with Gasteiger partial charge in [-0.25, -0.2) is 10.4 Å². The van der Waals surface area contributed by atoms with Gasteiger partial charge in [0.15, 0.2) is 22.7 Å². The third-order valence-electron chi connectivity index (χ3n) is 7.34. The van der Waals surface area contributed by atoms with Crippen LogP contribution in [-0.4, -0.2) is 56.6 Å². The first-order chi connectivity index (χ1) is 23.7. The van der Waals surface area contributed by atoms with Crippen molar-refractivity contribution in [2.45, 2.75) is 27.7 Å². The predicted octanol–water partition coefficient (Wildman–Crippen LogP) is 0.125. The van der Waals surface area contributed by atoms with Crippen molar-refractivity contribution >= 4 is 69.9 Å². The minimum atomic E-state index is -5.43. The second kappa shape index (κ2) is 13.3. The van der Waals surface area contributed by atoms with E-state index in [4.69, 9.17) is 5.41 Å². The Bertz CT molecular complexity index is 2930. The number of hydrogen-bond acceptors (Lipinski definition) is 14. The number of nitrogens with one attached hydrogen (secondary N) is 4. The standard InChI is InChI=1S/C30H23N5O13S3/c1-14(36)27(30(39)32-15-7-3-2-4-8-15)35-34-19-12-21(49(40,41)42)18(11-22(19)50(43,44)45)33-20-13-23(51(46,47)48)26(31)25-24(20)28(37)16-9-5-6-10-17(16)29(25)38/h2-13,27,31,34-35H,1H3,(H,32,39)(H,40,41,42)(H,43,44,45)(H,46,47,48). The molecule has 5 rings (SSSR count). The number of anilines is 2. The largest absolute Gasteiger partial charge is 0.324 e. The summed E-state index contributed by atoms with van der Waals surface area (Å²) in [4.78, 5) is 52.4. The van der Waals surface area contributed by atoms with E-state index in [-0.39, 0.29) is 16.5 Å². The first-order valence-electron chi connectivity index (χ1n) is 14.0. The van der Waals surface area contributed by atoms with Crippen molar-refractivity contribution in [2.75, 3.05) is 10.7 Å². The van der Waals surface area contributed by atoms with Crippen molar-refractivity contribution in [1.82, 2.24) is 5.43 Å². The molecule has 0 saturated carbocycles. The third kappa shape index (κ3) is 7.34. The van der Waals surface area contributed by atoms with Crippen LogP contribution in [0.25, 0.3) is 10.8 Å². The number of Topliss-reactive ketones (excluding diaryl/α,β-unsaturated/α-hetero) is 1. The summed E-state index contributed by atoms with van der Waals surface area (Å²) in [5.41, 5.74) is 0.700. The van der Waals surface area contributed by atoms with Gasteiger partial charge in [0, 0.05) is 16.5 Å². The average molecular weight is 758 g/mol. The zero-order valence-corrected chi connectivity index (χ0v) is 28.1. The summed E-state index contributed by atoms with van der Waals surface area (Å²) in [7, 11) is -16.1. The molecule has 0 saturated heterocycles. The Morgan fingerprint density at radius 3 is 1.78 bits per heavy atom. The molecule has 3 aromatic rings. The normalized spacial score (nSPS) is 13.3. The number of ketones is 1. The van der Waals surface area contributed by atoms with E-state index in [1.807, 2.05) is 0 Å². The van der Waals surface area contributed by atoms with E-state index in [1.54, 1.807) is 18.2 Å². The van der Waals surface area contributed by atoms with Gasteiger partial charge in [0.1, 0.15) is 14.7 Å². The first-order valence-corrected chi connectivity index (χ1v) is 18.3. The van der Waals surface area contributed by atoms with Gasteiger partial charge >= 0.3 is 0 Å². The van der Waals surface area contributed by atoms with Gasteiger partial charge in [0.25, 0.3) is 36.3 Å². The summed E-state index contributed by atoms with van der Waals surface area (Å²) in [6.07, 6.45) is 0. The molecule has 18 nitrogen and oxygen atoms in total. The molecule has 264 valence electrons. The Balaban J connectivity index is 1.80. The van der Waals surface area contributed by atoms with Gasteiger partial charge in [-0.3, -0.25) is 38.2 Å². The topological polar surface area (TPSA) is 304 Å². The highest BCUT2D eigenvalue weighted by Gasteiger charge is 2.28. The zero-order valence-electron chi connectivity index (χ0n) is 25.6. The second-order valence-corrected chi connectivity index (χ2v) is 14.9. The van der Waals surface area contributed by atoms with Crippen molar-refractivity contribution in [3.05, 3.63) is 114 Å². The van der Waals surface area contributed by atoms with Crippen LogP contribution in [0.3, 0.4) is 0 Å². The van der Waals surface area contributed by atoms with Crippen LogP contribution in [0.1, 0.15) is 6.92 Å². The fourth-order valence-corrected chi connectivity index (χ4v) is 6.97. The van der Waals surface area contributed by atoms with Crippen LogP contribution in [0.15, 0.2) is 102 Å². The lowest BCUT2D eigenvalue weighted by Crippen LogP contribution is -2.48. The minimum Gasteiger partial charge on any atom is -0.324 e. The van der Waals surface area contributed by atoms with Crippen LogP contribution in [0.2, 0.25) is 0 Å². The quantitative estimate of drug-likeness (QED) is 0.0566. The summed E-state index contributed by atoms with van der Waals surface area (Å²) in [6, 6.07) is 12.5. The number of fused-ring (bicyclic) bond motifs is 1. The van der Waals surface area contributed by atoms with Crippen molar-refractivity contribution in [3.8, 4) is 0 Å². The molecule has 2 aliphatic carbocycles. The number of amides is 1. The molecule has 0 fully saturated rings. The summed E-state index contributed by atoms with van der Waals surface area (Å²) in [5, 5.41) is 6.77. The SMILES string of the molecule is CC(=O)C(NNc1cc(S(=O)(=O)O)c(N=c2cc(S(=O)(=O)O)c(=N)c3c(=O)c4ccccc4c(=O)c2=3)cc1S(=O)(=O)O)C(=O)Nc1ccccc1. The molecule has 7 N–H and O–H groups in total. The maximum Gasteiger partial charge on any atom is 0.296 e. The Kier molecular flexibility index (Phi) is 9.57. The molecule has 0 bridgehead atoms. The van der Waals surface area contributed by atoms with E-state index >= 15 is 0 Å². The number of rotatable bonds is 10. The van der Waals surface area contributed by atoms with Gasteiger partial charge in [0.05, 0.1) is 32.5 Å².